The number of aryl methyl sites for hydroxylation is 1. The summed E-state index contributed by atoms with van der Waals surface area (Å²) in [5.74, 6) is -1.68. The Morgan fingerprint density at radius 3 is 2.77 bits per heavy atom. The van der Waals surface area contributed by atoms with Gasteiger partial charge in [-0.05, 0) is 55.4 Å². The van der Waals surface area contributed by atoms with E-state index in [1.165, 1.54) is 50.2 Å². The topological polar surface area (TPSA) is 81.8 Å². The maximum absolute atomic E-state index is 14.5. The van der Waals surface area contributed by atoms with Crippen molar-refractivity contribution in [2.45, 2.75) is 70.5 Å². The predicted octanol–water partition coefficient (Wildman–Crippen LogP) is 4.87. The lowest BCUT2D eigenvalue weighted by Gasteiger charge is -2.27. The first-order valence-corrected chi connectivity index (χ1v) is 11.1. The average molecular weight is 420 g/mol. The van der Waals surface area contributed by atoms with Crippen molar-refractivity contribution in [1.29, 1.82) is 0 Å². The number of carbonyl (C=O) groups is 1. The Bertz CT molecular complexity index is 763. The fourth-order valence-corrected chi connectivity index (χ4v) is 4.53. The van der Waals surface area contributed by atoms with Crippen LogP contribution in [-0.4, -0.2) is 30.9 Å². The van der Waals surface area contributed by atoms with Crippen molar-refractivity contribution in [3.63, 3.8) is 0 Å². The summed E-state index contributed by atoms with van der Waals surface area (Å²) >= 11 is 0. The van der Waals surface area contributed by atoms with Gasteiger partial charge in [0.05, 0.1) is 13.2 Å². The molecule has 0 saturated heterocycles. The van der Waals surface area contributed by atoms with Crippen LogP contribution in [0.3, 0.4) is 0 Å². The van der Waals surface area contributed by atoms with Gasteiger partial charge < -0.3 is 14.6 Å². The second-order valence-electron chi connectivity index (χ2n) is 8.79. The van der Waals surface area contributed by atoms with Crippen molar-refractivity contribution in [3.8, 4) is 5.75 Å². The zero-order valence-corrected chi connectivity index (χ0v) is 17.9. The molecule has 0 aromatic heterocycles. The number of nitrogens with two attached hydrogens (primary N) is 1. The third-order valence-electron chi connectivity index (χ3n) is 6.21. The number of carboxylic acids is 1. The fourth-order valence-electron chi connectivity index (χ4n) is 4.53. The van der Waals surface area contributed by atoms with Gasteiger partial charge in [0.25, 0.3) is 0 Å². The van der Waals surface area contributed by atoms with Crippen LogP contribution in [0.25, 0.3) is 0 Å². The molecule has 3 N–H and O–H groups in total. The molecule has 0 bridgehead atoms. The number of alkyl halides is 1. The SMILES string of the molecule is CC(N)(F)c1cc(OCC2=C(CC3CCCCC3)CCOC2)ccc1CCC(=O)O. The monoisotopic (exact) mass is 419 g/mol. The van der Waals surface area contributed by atoms with Gasteiger partial charge >= 0.3 is 5.97 Å². The summed E-state index contributed by atoms with van der Waals surface area (Å²) in [5.41, 5.74) is 9.22. The number of ether oxygens (including phenoxy) is 2. The van der Waals surface area contributed by atoms with E-state index in [-0.39, 0.29) is 18.4 Å². The summed E-state index contributed by atoms with van der Waals surface area (Å²) < 4.78 is 26.2. The smallest absolute Gasteiger partial charge is 0.303 e. The summed E-state index contributed by atoms with van der Waals surface area (Å²) in [6.45, 7) is 3.05. The predicted molar refractivity (Wildman–Crippen MR) is 114 cm³/mol. The first-order chi connectivity index (χ1) is 14.3. The van der Waals surface area contributed by atoms with Crippen molar-refractivity contribution in [3.05, 3.63) is 40.5 Å². The summed E-state index contributed by atoms with van der Waals surface area (Å²) in [6.07, 6.45) is 8.89. The lowest BCUT2D eigenvalue weighted by atomic mass is 9.83. The van der Waals surface area contributed by atoms with Crippen LogP contribution >= 0.6 is 0 Å². The molecular weight excluding hydrogens is 385 g/mol. The standard InChI is InChI=1S/C24H34FNO4/c1-24(25,26)22-14-21(9-7-18(22)8-10-23(27)28)30-16-20-15-29-12-11-19(20)13-17-5-3-2-4-6-17/h7,9,14,17H,2-6,8,10-13,15-16,26H2,1H3,(H,27,28). The molecule has 6 heteroatoms. The number of hydrogen-bond donors (Lipinski definition) is 2. The van der Waals surface area contributed by atoms with Gasteiger partial charge in [-0.3, -0.25) is 10.5 Å². The third-order valence-corrected chi connectivity index (χ3v) is 6.21. The highest BCUT2D eigenvalue weighted by molar-refractivity contribution is 5.67. The Morgan fingerprint density at radius 2 is 2.07 bits per heavy atom. The van der Waals surface area contributed by atoms with Crippen LogP contribution < -0.4 is 10.5 Å². The zero-order valence-electron chi connectivity index (χ0n) is 17.9. The van der Waals surface area contributed by atoms with Crippen molar-refractivity contribution >= 4 is 5.97 Å². The molecule has 1 fully saturated rings. The molecule has 1 aliphatic carbocycles. The first kappa shape index (κ1) is 22.8. The van der Waals surface area contributed by atoms with Crippen molar-refractivity contribution in [2.75, 3.05) is 19.8 Å². The highest BCUT2D eigenvalue weighted by Crippen LogP contribution is 2.33. The Kier molecular flexibility index (Phi) is 7.89. The molecular formula is C24H34FNO4. The van der Waals surface area contributed by atoms with Gasteiger partial charge in [-0.25, -0.2) is 4.39 Å². The maximum atomic E-state index is 14.5. The number of hydrogen-bond acceptors (Lipinski definition) is 4. The molecule has 0 amide bonds. The van der Waals surface area contributed by atoms with Crippen LogP contribution in [0.15, 0.2) is 29.3 Å². The maximum Gasteiger partial charge on any atom is 0.303 e. The molecule has 1 aromatic carbocycles. The van der Waals surface area contributed by atoms with Crippen LogP contribution in [0, 0.1) is 5.92 Å². The van der Waals surface area contributed by atoms with Gasteiger partial charge in [0, 0.05) is 12.0 Å². The molecule has 1 atom stereocenters. The molecule has 1 aromatic rings. The second kappa shape index (κ2) is 10.4. The first-order valence-electron chi connectivity index (χ1n) is 11.1. The molecule has 166 valence electrons. The lowest BCUT2D eigenvalue weighted by Crippen LogP contribution is -2.28. The van der Waals surface area contributed by atoms with E-state index in [0.29, 0.717) is 24.5 Å². The van der Waals surface area contributed by atoms with E-state index in [1.54, 1.807) is 18.2 Å². The van der Waals surface area contributed by atoms with Gasteiger partial charge in [0.1, 0.15) is 12.4 Å². The number of aliphatic carboxylic acids is 1. The van der Waals surface area contributed by atoms with Gasteiger partial charge in [-0.15, -0.1) is 0 Å². The van der Waals surface area contributed by atoms with E-state index >= 15 is 0 Å². The summed E-state index contributed by atoms with van der Waals surface area (Å²) in [7, 11) is 0. The number of halogens is 1. The van der Waals surface area contributed by atoms with E-state index in [4.69, 9.17) is 20.3 Å². The van der Waals surface area contributed by atoms with Crippen LogP contribution in [0.2, 0.25) is 0 Å². The van der Waals surface area contributed by atoms with Crippen molar-refractivity contribution < 1.29 is 23.8 Å². The van der Waals surface area contributed by atoms with E-state index in [9.17, 15) is 9.18 Å². The number of carboxylic acid groups (broad SMARTS) is 1. The number of benzene rings is 1. The van der Waals surface area contributed by atoms with E-state index in [1.807, 2.05) is 0 Å². The summed E-state index contributed by atoms with van der Waals surface area (Å²) in [4.78, 5) is 10.9. The van der Waals surface area contributed by atoms with Crippen molar-refractivity contribution in [2.24, 2.45) is 11.7 Å². The molecule has 1 saturated carbocycles. The van der Waals surface area contributed by atoms with Crippen LogP contribution in [0.4, 0.5) is 4.39 Å². The quantitative estimate of drug-likeness (QED) is 0.441. The van der Waals surface area contributed by atoms with Gasteiger partial charge in [-0.1, -0.05) is 43.7 Å². The zero-order chi connectivity index (χ0) is 21.6. The van der Waals surface area contributed by atoms with Crippen molar-refractivity contribution in [1.82, 2.24) is 0 Å². The molecule has 1 aliphatic heterocycles. The second-order valence-corrected chi connectivity index (χ2v) is 8.79. The van der Waals surface area contributed by atoms with E-state index < -0.39 is 11.8 Å². The summed E-state index contributed by atoms with van der Waals surface area (Å²) in [5, 5.41) is 8.93. The normalized spacial score (nSPS) is 20.1. The Labute approximate surface area is 178 Å². The minimum Gasteiger partial charge on any atom is -0.489 e. The highest BCUT2D eigenvalue weighted by atomic mass is 19.1. The Balaban J connectivity index is 1.70. The Hall–Kier alpha value is -1.92. The molecule has 0 radical (unpaired) electrons. The highest BCUT2D eigenvalue weighted by Gasteiger charge is 2.25. The molecule has 1 unspecified atom stereocenters. The molecule has 1 heterocycles. The van der Waals surface area contributed by atoms with Crippen LogP contribution in [-0.2, 0) is 21.7 Å². The number of rotatable bonds is 9. The summed E-state index contributed by atoms with van der Waals surface area (Å²) in [6, 6.07) is 5.08. The van der Waals surface area contributed by atoms with Crippen LogP contribution in [0.1, 0.15) is 69.4 Å². The van der Waals surface area contributed by atoms with Gasteiger partial charge in [-0.2, -0.15) is 0 Å². The molecule has 2 aliphatic rings. The van der Waals surface area contributed by atoms with Gasteiger partial charge in [0.2, 0.25) is 0 Å². The molecule has 0 spiro atoms. The third kappa shape index (κ3) is 6.54. The molecule has 30 heavy (non-hydrogen) atoms. The fraction of sp³-hybridized carbons (Fsp3) is 0.625. The minimum absolute atomic E-state index is 0.0714. The van der Waals surface area contributed by atoms with E-state index in [0.717, 1.165) is 25.4 Å². The largest absolute Gasteiger partial charge is 0.489 e. The van der Waals surface area contributed by atoms with E-state index in [2.05, 4.69) is 0 Å². The average Bonchev–Trinajstić information content (AvgIpc) is 2.72. The van der Waals surface area contributed by atoms with Gasteiger partial charge in [0.15, 0.2) is 5.79 Å². The molecule has 3 rings (SSSR count). The Morgan fingerprint density at radius 1 is 1.30 bits per heavy atom. The lowest BCUT2D eigenvalue weighted by molar-refractivity contribution is -0.136. The van der Waals surface area contributed by atoms with Crippen LogP contribution in [0.5, 0.6) is 5.75 Å². The minimum atomic E-state index is -2.06. The molecule has 5 nitrogen and oxygen atoms in total.